The first-order chi connectivity index (χ1) is 14.2. The topological polar surface area (TPSA) is 134 Å². The SMILES string of the molecule is COC(=O)C1=C(C)N=C(C)C(C(=O)OC)[C@@H]1C(=O)OCC(=O)N[C@@H](C)c1ccco1. The fourth-order valence-corrected chi connectivity index (χ4v) is 3.22. The number of nitrogens with one attached hydrogen (secondary N) is 1. The van der Waals surface area contributed by atoms with E-state index in [1.54, 1.807) is 19.1 Å². The molecule has 30 heavy (non-hydrogen) atoms. The molecule has 1 unspecified atom stereocenters. The number of methoxy groups -OCH3 is 2. The average molecular weight is 420 g/mol. The van der Waals surface area contributed by atoms with Crippen LogP contribution in [-0.2, 0) is 33.4 Å². The molecule has 1 amide bonds. The van der Waals surface area contributed by atoms with Crippen LogP contribution in [0.3, 0.4) is 0 Å². The molecule has 2 rings (SSSR count). The summed E-state index contributed by atoms with van der Waals surface area (Å²) in [4.78, 5) is 53.7. The van der Waals surface area contributed by atoms with Gasteiger partial charge in [0.15, 0.2) is 6.61 Å². The highest BCUT2D eigenvalue weighted by Crippen LogP contribution is 2.33. The van der Waals surface area contributed by atoms with Gasteiger partial charge in [0.1, 0.15) is 17.6 Å². The third kappa shape index (κ3) is 4.94. The second-order valence-corrected chi connectivity index (χ2v) is 6.63. The summed E-state index contributed by atoms with van der Waals surface area (Å²) in [5.41, 5.74) is 0.384. The van der Waals surface area contributed by atoms with Crippen molar-refractivity contribution in [3.05, 3.63) is 35.4 Å². The van der Waals surface area contributed by atoms with Crippen molar-refractivity contribution in [2.45, 2.75) is 26.8 Å². The second kappa shape index (κ2) is 9.86. The van der Waals surface area contributed by atoms with E-state index < -0.39 is 48.3 Å². The zero-order chi connectivity index (χ0) is 22.4. The van der Waals surface area contributed by atoms with Crippen molar-refractivity contribution in [1.29, 1.82) is 0 Å². The predicted molar refractivity (Wildman–Crippen MR) is 103 cm³/mol. The second-order valence-electron chi connectivity index (χ2n) is 6.63. The molecule has 0 bridgehead atoms. The van der Waals surface area contributed by atoms with Crippen molar-refractivity contribution in [2.75, 3.05) is 20.8 Å². The normalized spacial score (nSPS) is 19.4. The monoisotopic (exact) mass is 420 g/mol. The van der Waals surface area contributed by atoms with Gasteiger partial charge in [-0.3, -0.25) is 19.4 Å². The number of amides is 1. The van der Waals surface area contributed by atoms with Crippen LogP contribution in [0.4, 0.5) is 0 Å². The quantitative estimate of drug-likeness (QED) is 0.516. The van der Waals surface area contributed by atoms with Gasteiger partial charge in [-0.2, -0.15) is 0 Å². The molecule has 1 aromatic heterocycles. The van der Waals surface area contributed by atoms with Crippen LogP contribution in [0.15, 0.2) is 39.1 Å². The summed E-state index contributed by atoms with van der Waals surface area (Å²) in [6.45, 7) is 4.14. The van der Waals surface area contributed by atoms with E-state index in [4.69, 9.17) is 18.6 Å². The standard InChI is InChI=1S/C20H24N2O8/c1-10(13-7-6-8-29-13)22-14(23)9-30-20(26)17-15(18(24)27-4)11(2)21-12(3)16(17)19(25)28-5/h6-8,10,15,17H,9H2,1-5H3,(H,22,23)/t10-,15?,17-/m0/s1. The molecule has 0 saturated heterocycles. The van der Waals surface area contributed by atoms with E-state index in [9.17, 15) is 19.2 Å². The maximum atomic E-state index is 12.8. The first-order valence-corrected chi connectivity index (χ1v) is 9.12. The molecular weight excluding hydrogens is 396 g/mol. The van der Waals surface area contributed by atoms with E-state index in [0.29, 0.717) is 5.76 Å². The fraction of sp³-hybridized carbons (Fsp3) is 0.450. The van der Waals surface area contributed by atoms with Gasteiger partial charge in [-0.1, -0.05) is 0 Å². The zero-order valence-corrected chi connectivity index (χ0v) is 17.4. The van der Waals surface area contributed by atoms with E-state index in [2.05, 4.69) is 10.3 Å². The van der Waals surface area contributed by atoms with Crippen molar-refractivity contribution in [3.63, 3.8) is 0 Å². The van der Waals surface area contributed by atoms with Crippen molar-refractivity contribution >= 4 is 29.5 Å². The number of carbonyl (C=O) groups excluding carboxylic acids is 4. The highest BCUT2D eigenvalue weighted by molar-refractivity contribution is 6.10. The van der Waals surface area contributed by atoms with Crippen LogP contribution in [0.25, 0.3) is 0 Å². The third-order valence-electron chi connectivity index (χ3n) is 4.64. The Morgan fingerprint density at radius 3 is 2.40 bits per heavy atom. The van der Waals surface area contributed by atoms with Crippen molar-refractivity contribution in [1.82, 2.24) is 5.32 Å². The largest absolute Gasteiger partial charge is 0.468 e. The number of esters is 3. The molecule has 0 aliphatic carbocycles. The molecule has 10 nitrogen and oxygen atoms in total. The first kappa shape index (κ1) is 22.9. The Balaban J connectivity index is 2.18. The molecule has 0 aromatic carbocycles. The summed E-state index contributed by atoms with van der Waals surface area (Å²) < 4.78 is 19.8. The van der Waals surface area contributed by atoms with Crippen LogP contribution in [0.5, 0.6) is 0 Å². The van der Waals surface area contributed by atoms with Gasteiger partial charge in [0.2, 0.25) is 0 Å². The van der Waals surface area contributed by atoms with Crippen molar-refractivity contribution < 1.29 is 37.8 Å². The van der Waals surface area contributed by atoms with Crippen LogP contribution in [0.1, 0.15) is 32.6 Å². The summed E-state index contributed by atoms with van der Waals surface area (Å²) in [5, 5.41) is 2.62. The van der Waals surface area contributed by atoms with Gasteiger partial charge in [0.25, 0.3) is 5.91 Å². The molecule has 2 heterocycles. The number of carbonyl (C=O) groups is 4. The Hall–Kier alpha value is -3.43. The van der Waals surface area contributed by atoms with Crippen LogP contribution >= 0.6 is 0 Å². The molecule has 10 heteroatoms. The third-order valence-corrected chi connectivity index (χ3v) is 4.64. The Morgan fingerprint density at radius 1 is 1.13 bits per heavy atom. The molecule has 1 aromatic rings. The fourth-order valence-electron chi connectivity index (χ4n) is 3.22. The maximum Gasteiger partial charge on any atom is 0.336 e. The van der Waals surface area contributed by atoms with Gasteiger partial charge in [-0.05, 0) is 32.9 Å². The van der Waals surface area contributed by atoms with Gasteiger partial charge in [0.05, 0.1) is 32.1 Å². The van der Waals surface area contributed by atoms with Gasteiger partial charge >= 0.3 is 17.9 Å². The Bertz CT molecular complexity index is 885. The lowest BCUT2D eigenvalue weighted by Crippen LogP contribution is -2.43. The zero-order valence-electron chi connectivity index (χ0n) is 17.4. The molecule has 1 aliphatic rings. The lowest BCUT2D eigenvalue weighted by atomic mass is 9.80. The number of allylic oxidation sites excluding steroid dienone is 1. The van der Waals surface area contributed by atoms with Crippen molar-refractivity contribution in [3.8, 4) is 0 Å². The molecule has 1 aliphatic heterocycles. The number of aliphatic imine (C=N–C) groups is 1. The van der Waals surface area contributed by atoms with E-state index in [1.807, 2.05) is 0 Å². The molecular formula is C20H24N2O8. The maximum absolute atomic E-state index is 12.8. The van der Waals surface area contributed by atoms with E-state index in [1.165, 1.54) is 20.1 Å². The lowest BCUT2D eigenvalue weighted by molar-refractivity contribution is -0.158. The summed E-state index contributed by atoms with van der Waals surface area (Å²) in [6, 6.07) is 2.94. The van der Waals surface area contributed by atoms with E-state index in [-0.39, 0.29) is 17.0 Å². The molecule has 1 N–H and O–H groups in total. The number of ether oxygens (including phenoxy) is 3. The lowest BCUT2D eigenvalue weighted by Gasteiger charge is -2.29. The Labute approximate surface area is 173 Å². The molecule has 0 fully saturated rings. The minimum absolute atomic E-state index is 0.118. The summed E-state index contributed by atoms with van der Waals surface area (Å²) in [7, 11) is 2.30. The molecule has 3 atom stereocenters. The van der Waals surface area contributed by atoms with E-state index in [0.717, 1.165) is 14.2 Å². The number of hydrogen-bond donors (Lipinski definition) is 1. The smallest absolute Gasteiger partial charge is 0.336 e. The molecule has 0 spiro atoms. The van der Waals surface area contributed by atoms with Gasteiger partial charge in [-0.15, -0.1) is 0 Å². The minimum atomic E-state index is -1.35. The van der Waals surface area contributed by atoms with Crippen molar-refractivity contribution in [2.24, 2.45) is 16.8 Å². The van der Waals surface area contributed by atoms with Crippen LogP contribution in [0, 0.1) is 11.8 Å². The number of nitrogens with zero attached hydrogens (tertiary/aromatic N) is 1. The number of furan rings is 1. The van der Waals surface area contributed by atoms with Crippen LogP contribution in [0.2, 0.25) is 0 Å². The summed E-state index contributed by atoms with van der Waals surface area (Å²) >= 11 is 0. The van der Waals surface area contributed by atoms with Gasteiger partial charge < -0.3 is 23.9 Å². The summed E-state index contributed by atoms with van der Waals surface area (Å²) in [6.07, 6.45) is 1.47. The highest BCUT2D eigenvalue weighted by atomic mass is 16.5. The van der Waals surface area contributed by atoms with E-state index >= 15 is 0 Å². The van der Waals surface area contributed by atoms with Crippen LogP contribution < -0.4 is 5.32 Å². The molecule has 0 saturated carbocycles. The van der Waals surface area contributed by atoms with Gasteiger partial charge in [0, 0.05) is 11.4 Å². The predicted octanol–water partition coefficient (Wildman–Crippen LogP) is 1.33. The van der Waals surface area contributed by atoms with Gasteiger partial charge in [-0.25, -0.2) is 4.79 Å². The summed E-state index contributed by atoms with van der Waals surface area (Å²) in [5.74, 6) is -5.10. The first-order valence-electron chi connectivity index (χ1n) is 9.12. The number of hydrogen-bond acceptors (Lipinski definition) is 9. The minimum Gasteiger partial charge on any atom is -0.468 e. The molecule has 162 valence electrons. The Kier molecular flexibility index (Phi) is 7.51. The average Bonchev–Trinajstić information content (AvgIpc) is 3.25. The molecule has 0 radical (unpaired) electrons. The van der Waals surface area contributed by atoms with Crippen LogP contribution in [-0.4, -0.2) is 50.4 Å². The Morgan fingerprint density at radius 2 is 1.83 bits per heavy atom. The number of rotatable bonds is 7. The highest BCUT2D eigenvalue weighted by Gasteiger charge is 2.46.